The van der Waals surface area contributed by atoms with E-state index in [4.69, 9.17) is 24.4 Å². The highest BCUT2D eigenvalue weighted by Gasteiger charge is 2.34. The fourth-order valence-corrected chi connectivity index (χ4v) is 6.74. The van der Waals surface area contributed by atoms with Crippen LogP contribution in [-0.4, -0.2) is 30.1 Å². The molecule has 5 rings (SSSR count). The van der Waals surface area contributed by atoms with Gasteiger partial charge in [-0.05, 0) is 118 Å². The zero-order valence-corrected chi connectivity index (χ0v) is 29.0. The lowest BCUT2D eigenvalue weighted by molar-refractivity contribution is -0.145. The van der Waals surface area contributed by atoms with Gasteiger partial charge in [0.25, 0.3) is 0 Å². The molecule has 2 fully saturated rings. The third kappa shape index (κ3) is 9.89. The van der Waals surface area contributed by atoms with Crippen molar-refractivity contribution in [1.29, 1.82) is 5.41 Å². The molecule has 0 bridgehead atoms. The lowest BCUT2D eigenvalue weighted by Crippen LogP contribution is -2.30. The first kappa shape index (κ1) is 36.5. The Labute approximate surface area is 294 Å². The van der Waals surface area contributed by atoms with Crippen LogP contribution in [0.15, 0.2) is 66.7 Å². The van der Waals surface area contributed by atoms with Gasteiger partial charge in [-0.15, -0.1) is 0 Å². The van der Waals surface area contributed by atoms with Crippen molar-refractivity contribution >= 4 is 30.1 Å². The summed E-state index contributed by atoms with van der Waals surface area (Å²) in [6, 6.07) is 19.7. The minimum absolute atomic E-state index is 0.205. The van der Waals surface area contributed by atoms with Crippen LogP contribution in [0.25, 0.3) is 0 Å². The normalized spacial score (nSPS) is 20.3. The van der Waals surface area contributed by atoms with Crippen LogP contribution in [-0.2, 0) is 32.0 Å². The van der Waals surface area contributed by atoms with Crippen molar-refractivity contribution in [3.8, 4) is 23.0 Å². The monoisotopic (exact) mass is 681 g/mol. The number of rotatable bonds is 13. The smallest absolute Gasteiger partial charge is 0.314 e. The van der Waals surface area contributed by atoms with Gasteiger partial charge in [0.05, 0.1) is 23.7 Å². The van der Waals surface area contributed by atoms with E-state index in [2.05, 4.69) is 13.8 Å². The second-order valence-electron chi connectivity index (χ2n) is 13.4. The number of hydrogen-bond acceptors (Lipinski definition) is 9. The van der Waals surface area contributed by atoms with Gasteiger partial charge in [-0.1, -0.05) is 51.0 Å². The van der Waals surface area contributed by atoms with E-state index in [1.54, 1.807) is 6.07 Å². The van der Waals surface area contributed by atoms with Crippen LogP contribution in [0, 0.1) is 29.1 Å². The van der Waals surface area contributed by atoms with E-state index in [0.717, 1.165) is 31.9 Å². The maximum absolute atomic E-state index is 13.0. The summed E-state index contributed by atoms with van der Waals surface area (Å²) in [5.74, 6) is -1.14. The maximum atomic E-state index is 13.0. The van der Waals surface area contributed by atoms with Crippen LogP contribution in [0.4, 0.5) is 0 Å². The highest BCUT2D eigenvalue weighted by molar-refractivity contribution is 5.86. The summed E-state index contributed by atoms with van der Waals surface area (Å²) in [5.41, 5.74) is 2.71. The average Bonchev–Trinajstić information content (AvgIpc) is 3.14. The summed E-state index contributed by atoms with van der Waals surface area (Å²) in [6.07, 6.45) is 9.22. The van der Waals surface area contributed by atoms with Crippen LogP contribution in [0.3, 0.4) is 0 Å². The van der Waals surface area contributed by atoms with E-state index in [0.29, 0.717) is 68.4 Å². The number of benzene rings is 3. The molecule has 2 aliphatic rings. The minimum atomic E-state index is -0.417. The summed E-state index contributed by atoms with van der Waals surface area (Å²) in [4.78, 5) is 51.5. The van der Waals surface area contributed by atoms with Crippen molar-refractivity contribution in [2.75, 3.05) is 0 Å². The summed E-state index contributed by atoms with van der Waals surface area (Å²) in [7, 11) is 0. The molecule has 0 aromatic heterocycles. The first-order valence-electron chi connectivity index (χ1n) is 17.9. The van der Waals surface area contributed by atoms with Gasteiger partial charge in [0.1, 0.15) is 23.0 Å². The Morgan fingerprint density at radius 3 is 1.24 bits per heavy atom. The van der Waals surface area contributed by atoms with E-state index in [1.165, 1.54) is 23.3 Å². The van der Waals surface area contributed by atoms with E-state index in [-0.39, 0.29) is 47.1 Å². The lowest BCUT2D eigenvalue weighted by Gasteiger charge is -2.26. The fourth-order valence-electron chi connectivity index (χ4n) is 6.74. The van der Waals surface area contributed by atoms with Crippen LogP contribution in [0.5, 0.6) is 23.0 Å². The molecule has 0 saturated heterocycles. The third-order valence-electron chi connectivity index (χ3n) is 9.71. The maximum Gasteiger partial charge on any atom is 0.314 e. The van der Waals surface area contributed by atoms with Crippen molar-refractivity contribution in [3.05, 3.63) is 83.4 Å². The molecule has 0 radical (unpaired) electrons. The molecular formula is C41H47NO8. The Morgan fingerprint density at radius 2 is 0.880 bits per heavy atom. The molecule has 0 heterocycles. The molecule has 3 aromatic rings. The second kappa shape index (κ2) is 17.7. The van der Waals surface area contributed by atoms with Gasteiger partial charge in [-0.2, -0.15) is 0 Å². The molecule has 0 amide bonds. The fraction of sp³-hybridized carbons (Fsp3) is 0.439. The molecule has 9 heteroatoms. The predicted octanol–water partition coefficient (Wildman–Crippen LogP) is 8.22. The molecule has 0 aliphatic heterocycles. The first-order chi connectivity index (χ1) is 24.3. The van der Waals surface area contributed by atoms with Gasteiger partial charge in [0, 0.05) is 11.8 Å². The number of ether oxygens (including phenoxy) is 4. The van der Waals surface area contributed by atoms with Crippen LogP contribution < -0.4 is 18.9 Å². The highest BCUT2D eigenvalue weighted by Crippen LogP contribution is 2.34. The van der Waals surface area contributed by atoms with Gasteiger partial charge in [0.15, 0.2) is 0 Å². The zero-order valence-electron chi connectivity index (χ0n) is 29.0. The van der Waals surface area contributed by atoms with Gasteiger partial charge in [-0.3, -0.25) is 19.2 Å². The number of esters is 4. The zero-order chi connectivity index (χ0) is 35.5. The Bertz CT molecular complexity index is 1630. The average molecular weight is 682 g/mol. The lowest BCUT2D eigenvalue weighted by atomic mass is 9.82. The molecule has 264 valence electrons. The van der Waals surface area contributed by atoms with E-state index < -0.39 is 11.9 Å². The molecule has 2 saturated carbocycles. The molecule has 9 nitrogen and oxygen atoms in total. The van der Waals surface area contributed by atoms with Crippen LogP contribution in [0.1, 0.15) is 94.7 Å². The van der Waals surface area contributed by atoms with Crippen molar-refractivity contribution < 1.29 is 38.1 Å². The molecule has 50 heavy (non-hydrogen) atoms. The molecular weight excluding hydrogens is 634 g/mol. The number of hydrogen-bond donors (Lipinski definition) is 1. The van der Waals surface area contributed by atoms with Gasteiger partial charge in [-0.25, -0.2) is 0 Å². The van der Waals surface area contributed by atoms with Crippen LogP contribution in [0.2, 0.25) is 0 Å². The highest BCUT2D eigenvalue weighted by atomic mass is 16.5. The quantitative estimate of drug-likeness (QED) is 0.109. The van der Waals surface area contributed by atoms with Crippen molar-refractivity contribution in [3.63, 3.8) is 0 Å². The largest absolute Gasteiger partial charge is 0.426 e. The number of nitrogens with one attached hydrogen (secondary N) is 1. The molecule has 0 atom stereocenters. The molecule has 0 spiro atoms. The summed E-state index contributed by atoms with van der Waals surface area (Å²) in [5, 5.41) is 7.87. The van der Waals surface area contributed by atoms with Gasteiger partial charge in [0.2, 0.25) is 0 Å². The Morgan fingerprint density at radius 1 is 0.540 bits per heavy atom. The molecule has 0 unspecified atom stereocenters. The molecule has 2 aliphatic carbocycles. The van der Waals surface area contributed by atoms with E-state index >= 15 is 0 Å². The number of aryl methyl sites for hydroxylation is 2. The number of carbonyl (C=O) groups is 4. The van der Waals surface area contributed by atoms with E-state index in [9.17, 15) is 19.2 Å². The number of carbonyl (C=O) groups excluding carboxylic acids is 4. The molecule has 3 aromatic carbocycles. The Kier molecular flexibility index (Phi) is 12.9. The standard InChI is InChI=1S/C41H47NO8/c1-3-5-27-7-19-34(20-8-27)47-38(43)29-11-13-31(14-12-29)40(45)49-36-23-24-37(33(25-36)26-42)50-41(46)32-17-15-30(16-18-32)39(44)48-35-21-9-28(6-4-2)10-22-35/h7-10,19-26,29-32,42H,3-6,11-18H2,1-2H3. The van der Waals surface area contributed by atoms with Gasteiger partial charge >= 0.3 is 23.9 Å². The van der Waals surface area contributed by atoms with Crippen molar-refractivity contribution in [2.24, 2.45) is 23.7 Å². The van der Waals surface area contributed by atoms with Crippen LogP contribution >= 0.6 is 0 Å². The summed E-state index contributed by atoms with van der Waals surface area (Å²) < 4.78 is 22.5. The minimum Gasteiger partial charge on any atom is -0.426 e. The second-order valence-corrected chi connectivity index (χ2v) is 13.4. The SMILES string of the molecule is CCCc1ccc(OC(=O)C2CCC(C(=O)Oc3ccc(OC(=O)C4CCC(C(=O)Oc5ccc(CCC)cc5)CC4)c(C=N)c3)CC2)cc1. The summed E-state index contributed by atoms with van der Waals surface area (Å²) in [6.45, 7) is 4.24. The first-order valence-corrected chi connectivity index (χ1v) is 17.9. The third-order valence-corrected chi connectivity index (χ3v) is 9.71. The van der Waals surface area contributed by atoms with Gasteiger partial charge < -0.3 is 24.4 Å². The topological polar surface area (TPSA) is 129 Å². The van der Waals surface area contributed by atoms with Crippen molar-refractivity contribution in [2.45, 2.75) is 90.9 Å². The predicted molar refractivity (Wildman–Crippen MR) is 189 cm³/mol. The summed E-state index contributed by atoms with van der Waals surface area (Å²) >= 11 is 0. The van der Waals surface area contributed by atoms with Crippen molar-refractivity contribution in [1.82, 2.24) is 0 Å². The molecule has 1 N–H and O–H groups in total. The van der Waals surface area contributed by atoms with E-state index in [1.807, 2.05) is 48.5 Å². The Balaban J connectivity index is 1.05. The Hall–Kier alpha value is -4.79.